The Morgan fingerprint density at radius 3 is 1.47 bits per heavy atom. The van der Waals surface area contributed by atoms with Crippen molar-refractivity contribution in [1.29, 1.82) is 0 Å². The van der Waals surface area contributed by atoms with E-state index in [0.29, 0.717) is 16.2 Å². The summed E-state index contributed by atoms with van der Waals surface area (Å²) in [4.78, 5) is 30.7. The maximum Gasteiger partial charge on any atom is 0.191 e. The van der Waals surface area contributed by atoms with Crippen LogP contribution in [0.15, 0.2) is 163 Å². The zero-order chi connectivity index (χ0) is 31.0. The fourth-order valence-electron chi connectivity index (χ4n) is 7.27. The smallest absolute Gasteiger partial charge is 0.191 e. The second-order valence-corrected chi connectivity index (χ2v) is 12.1. The first-order valence-corrected chi connectivity index (χ1v) is 15.4. The SMILES string of the molecule is COC12C=C(c3ccc(Cl)cc3)C(=O)C(C(c3ccccc3)c3ccccc3)(C=C1C(c1ccccc1)c1ccccc1)C2=O. The molecule has 5 aromatic rings. The van der Waals surface area contributed by atoms with Gasteiger partial charge in [-0.2, -0.15) is 0 Å². The molecule has 4 heteroatoms. The van der Waals surface area contributed by atoms with Crippen LogP contribution >= 0.6 is 11.6 Å². The minimum absolute atomic E-state index is 0.255. The van der Waals surface area contributed by atoms with E-state index in [1.165, 1.54) is 0 Å². The molecule has 0 N–H and O–H groups in total. The molecule has 45 heavy (non-hydrogen) atoms. The van der Waals surface area contributed by atoms with Crippen LogP contribution in [0.3, 0.4) is 0 Å². The first kappa shape index (κ1) is 28.9. The number of methoxy groups -OCH3 is 1. The maximum absolute atomic E-state index is 15.4. The average molecular weight is 607 g/mol. The molecule has 2 unspecified atom stereocenters. The maximum atomic E-state index is 15.4. The Morgan fingerprint density at radius 2 is 1.02 bits per heavy atom. The number of ketones is 2. The number of rotatable bonds is 8. The number of benzene rings is 5. The molecule has 0 spiro atoms. The summed E-state index contributed by atoms with van der Waals surface area (Å²) in [6, 6.07) is 47.2. The molecule has 0 radical (unpaired) electrons. The topological polar surface area (TPSA) is 43.4 Å². The molecule has 7 rings (SSSR count). The van der Waals surface area contributed by atoms with E-state index >= 15 is 9.59 Å². The molecule has 2 aliphatic rings. The lowest BCUT2D eigenvalue weighted by atomic mass is 9.59. The highest BCUT2D eigenvalue weighted by Crippen LogP contribution is 2.61. The lowest BCUT2D eigenvalue weighted by molar-refractivity contribution is -0.145. The molecular weight excluding hydrogens is 576 g/mol. The summed E-state index contributed by atoms with van der Waals surface area (Å²) >= 11 is 6.28. The Kier molecular flexibility index (Phi) is 7.45. The van der Waals surface area contributed by atoms with Crippen LogP contribution in [0.25, 0.3) is 5.57 Å². The molecule has 0 heterocycles. The number of halogens is 1. The van der Waals surface area contributed by atoms with Crippen molar-refractivity contribution in [3.8, 4) is 0 Å². The number of Topliss-reactive ketones (excluding diaryl/α,β-unsaturated/α-hetero) is 2. The van der Waals surface area contributed by atoms with Gasteiger partial charge >= 0.3 is 0 Å². The van der Waals surface area contributed by atoms with E-state index in [1.54, 1.807) is 25.3 Å². The summed E-state index contributed by atoms with van der Waals surface area (Å²) in [6.07, 6.45) is 3.71. The van der Waals surface area contributed by atoms with Crippen molar-refractivity contribution in [1.82, 2.24) is 0 Å². The van der Waals surface area contributed by atoms with Gasteiger partial charge in [0, 0.05) is 29.5 Å². The molecule has 0 saturated heterocycles. The van der Waals surface area contributed by atoms with E-state index in [9.17, 15) is 0 Å². The lowest BCUT2D eigenvalue weighted by Gasteiger charge is -2.41. The molecule has 0 amide bonds. The summed E-state index contributed by atoms with van der Waals surface area (Å²) in [6.45, 7) is 0. The van der Waals surface area contributed by atoms with Gasteiger partial charge in [-0.25, -0.2) is 0 Å². The minimum Gasteiger partial charge on any atom is -0.362 e. The molecule has 0 saturated carbocycles. The normalized spacial score (nSPS) is 20.8. The Bertz CT molecular complexity index is 1840. The fourth-order valence-corrected chi connectivity index (χ4v) is 7.40. The van der Waals surface area contributed by atoms with Gasteiger partial charge in [0.2, 0.25) is 0 Å². The van der Waals surface area contributed by atoms with Crippen LogP contribution < -0.4 is 0 Å². The molecule has 2 aliphatic carbocycles. The standard InChI is InChI=1S/C41H31ClO3/c1-45-41-26-34(28-22-24-33(42)25-23-28)38(43)40(39(41)44,37(31-18-10-4-11-19-31)32-20-12-5-13-21-32)27-35(41)36(29-14-6-2-7-15-29)30-16-8-3-9-17-30/h2-27,36-37H,1H3. The van der Waals surface area contributed by atoms with Crippen LogP contribution in [-0.4, -0.2) is 24.3 Å². The van der Waals surface area contributed by atoms with Gasteiger partial charge in [0.1, 0.15) is 5.41 Å². The minimum atomic E-state index is -1.58. The fraction of sp³-hybridized carbons (Fsp3) is 0.122. The molecule has 5 aromatic carbocycles. The Labute approximate surface area is 268 Å². The average Bonchev–Trinajstić information content (AvgIpc) is 3.27. The highest BCUT2D eigenvalue weighted by molar-refractivity contribution is 6.38. The number of hydrogen-bond donors (Lipinski definition) is 0. The zero-order valence-corrected chi connectivity index (χ0v) is 25.5. The Hall–Kier alpha value is -4.83. The van der Waals surface area contributed by atoms with Crippen LogP contribution in [0.1, 0.15) is 39.7 Å². The summed E-state index contributed by atoms with van der Waals surface area (Å²) in [5, 5.41) is 0.566. The van der Waals surface area contributed by atoms with Gasteiger partial charge in [-0.1, -0.05) is 151 Å². The number of hydrogen-bond acceptors (Lipinski definition) is 3. The number of allylic oxidation sites excluding steroid dienone is 2. The van der Waals surface area contributed by atoms with Crippen molar-refractivity contribution in [3.05, 3.63) is 196 Å². The third-order valence-electron chi connectivity index (χ3n) is 9.27. The zero-order valence-electron chi connectivity index (χ0n) is 24.8. The highest BCUT2D eigenvalue weighted by atomic mass is 35.5. The summed E-state index contributed by atoms with van der Waals surface area (Å²) in [5.74, 6) is -1.48. The summed E-state index contributed by atoms with van der Waals surface area (Å²) < 4.78 is 6.42. The van der Waals surface area contributed by atoms with Gasteiger partial charge in [-0.15, -0.1) is 0 Å². The van der Waals surface area contributed by atoms with Gasteiger partial charge in [0.05, 0.1) is 0 Å². The van der Waals surface area contributed by atoms with Crippen LogP contribution in [0.5, 0.6) is 0 Å². The Balaban J connectivity index is 1.59. The first-order chi connectivity index (χ1) is 22.0. The van der Waals surface area contributed by atoms with Crippen LogP contribution in [0.2, 0.25) is 5.02 Å². The second-order valence-electron chi connectivity index (χ2n) is 11.6. The molecule has 2 bridgehead atoms. The van der Waals surface area contributed by atoms with Crippen molar-refractivity contribution in [2.75, 3.05) is 7.11 Å². The van der Waals surface area contributed by atoms with E-state index in [-0.39, 0.29) is 17.5 Å². The van der Waals surface area contributed by atoms with Gasteiger partial charge in [-0.05, 0) is 51.6 Å². The summed E-state index contributed by atoms with van der Waals surface area (Å²) in [7, 11) is 1.57. The number of carbonyl (C=O) groups is 2. The van der Waals surface area contributed by atoms with E-state index in [1.807, 2.05) is 115 Å². The molecule has 0 aliphatic heterocycles. The predicted molar refractivity (Wildman–Crippen MR) is 179 cm³/mol. The van der Waals surface area contributed by atoms with Gasteiger partial charge in [-0.3, -0.25) is 9.59 Å². The van der Waals surface area contributed by atoms with Crippen molar-refractivity contribution < 1.29 is 14.3 Å². The van der Waals surface area contributed by atoms with Crippen LogP contribution in [0, 0.1) is 5.41 Å². The highest BCUT2D eigenvalue weighted by Gasteiger charge is 2.68. The Morgan fingerprint density at radius 1 is 0.578 bits per heavy atom. The first-order valence-electron chi connectivity index (χ1n) is 15.1. The third kappa shape index (κ3) is 4.63. The molecule has 3 nitrogen and oxygen atoms in total. The van der Waals surface area contributed by atoms with Crippen LogP contribution in [0.4, 0.5) is 0 Å². The van der Waals surface area contributed by atoms with Crippen molar-refractivity contribution in [2.24, 2.45) is 5.41 Å². The van der Waals surface area contributed by atoms with Crippen molar-refractivity contribution in [2.45, 2.75) is 17.4 Å². The van der Waals surface area contributed by atoms with E-state index in [4.69, 9.17) is 16.3 Å². The van der Waals surface area contributed by atoms with E-state index in [2.05, 4.69) is 24.3 Å². The van der Waals surface area contributed by atoms with Gasteiger partial charge in [0.15, 0.2) is 17.2 Å². The van der Waals surface area contributed by atoms with Crippen LogP contribution in [-0.2, 0) is 14.3 Å². The predicted octanol–water partition coefficient (Wildman–Crippen LogP) is 8.85. The van der Waals surface area contributed by atoms with Gasteiger partial charge in [0.25, 0.3) is 0 Å². The second kappa shape index (κ2) is 11.6. The van der Waals surface area contributed by atoms with Crippen molar-refractivity contribution in [3.63, 3.8) is 0 Å². The number of carbonyl (C=O) groups excluding carboxylic acids is 2. The molecule has 0 fully saturated rings. The monoisotopic (exact) mass is 606 g/mol. The van der Waals surface area contributed by atoms with Gasteiger partial charge < -0.3 is 4.74 Å². The molecular formula is C41H31ClO3. The molecule has 220 valence electrons. The number of ether oxygens (including phenoxy) is 1. The quantitative estimate of drug-likeness (QED) is 0.131. The lowest BCUT2D eigenvalue weighted by Crippen LogP contribution is -2.54. The summed E-state index contributed by atoms with van der Waals surface area (Å²) in [5.41, 5.74) is 2.55. The molecule has 2 atom stereocenters. The van der Waals surface area contributed by atoms with E-state index in [0.717, 1.165) is 27.8 Å². The largest absolute Gasteiger partial charge is 0.362 e. The van der Waals surface area contributed by atoms with E-state index < -0.39 is 16.9 Å². The number of fused-ring (bicyclic) bond motifs is 2. The third-order valence-corrected chi connectivity index (χ3v) is 9.52. The van der Waals surface area contributed by atoms with Crippen molar-refractivity contribution >= 4 is 28.7 Å². The molecule has 0 aromatic heterocycles.